The highest BCUT2D eigenvalue weighted by Gasteiger charge is 2.15. The maximum Gasteiger partial charge on any atom is 0.338 e. The second-order valence-corrected chi connectivity index (χ2v) is 7.03. The van der Waals surface area contributed by atoms with Gasteiger partial charge in [-0.25, -0.2) is 9.79 Å². The molecule has 1 heterocycles. The van der Waals surface area contributed by atoms with E-state index >= 15 is 0 Å². The van der Waals surface area contributed by atoms with Gasteiger partial charge in [0.2, 0.25) is 0 Å². The third kappa shape index (κ3) is 6.94. The topological polar surface area (TPSA) is 128 Å². The monoisotopic (exact) mass is 479 g/mol. The number of carbonyl (C=O) groups is 3. The van der Waals surface area contributed by atoms with E-state index in [1.807, 2.05) is 0 Å². The molecule has 3 aromatic rings. The number of benzene rings is 2. The average Bonchev–Trinajstić information content (AvgIpc) is 3.34. The van der Waals surface area contributed by atoms with Gasteiger partial charge < -0.3 is 29.3 Å². The minimum Gasteiger partial charge on any atom is -0.497 e. The molecule has 0 saturated carbocycles. The highest BCUT2D eigenvalue weighted by Crippen LogP contribution is 2.31. The zero-order valence-corrected chi connectivity index (χ0v) is 19.5. The van der Waals surface area contributed by atoms with E-state index in [2.05, 4.69) is 15.6 Å². The van der Waals surface area contributed by atoms with E-state index in [9.17, 15) is 14.4 Å². The van der Waals surface area contributed by atoms with Gasteiger partial charge in [-0.3, -0.25) is 9.59 Å². The lowest BCUT2D eigenvalue weighted by molar-refractivity contribution is -0.136. The van der Waals surface area contributed by atoms with Crippen LogP contribution in [0, 0.1) is 0 Å². The van der Waals surface area contributed by atoms with E-state index in [0.29, 0.717) is 40.0 Å². The van der Waals surface area contributed by atoms with E-state index in [1.54, 1.807) is 44.4 Å². The smallest absolute Gasteiger partial charge is 0.338 e. The number of hydrogen-bond acceptors (Lipinski definition) is 8. The molecule has 0 radical (unpaired) electrons. The van der Waals surface area contributed by atoms with Crippen molar-refractivity contribution in [2.24, 2.45) is 4.99 Å². The average molecular weight is 479 g/mol. The molecule has 0 fully saturated rings. The fourth-order valence-corrected chi connectivity index (χ4v) is 2.92. The summed E-state index contributed by atoms with van der Waals surface area (Å²) in [6.45, 7) is 1.98. The summed E-state index contributed by atoms with van der Waals surface area (Å²) >= 11 is 0. The summed E-state index contributed by atoms with van der Waals surface area (Å²) in [5, 5.41) is 4.95. The van der Waals surface area contributed by atoms with Gasteiger partial charge >= 0.3 is 17.8 Å². The third-order valence-electron chi connectivity index (χ3n) is 4.68. The lowest BCUT2D eigenvalue weighted by Crippen LogP contribution is -2.34. The SMILES string of the molecule is CCOC(=O)c1ccc(NC(=O)C(=O)NCc2ccc(C=Nc3ccc(OC)cc3OC)o2)cc1. The van der Waals surface area contributed by atoms with E-state index in [1.165, 1.54) is 37.6 Å². The normalized spacial score (nSPS) is 10.6. The Kier molecular flexibility index (Phi) is 8.60. The number of aliphatic imine (C=N–C) groups is 1. The number of hydrogen-bond donors (Lipinski definition) is 2. The molecule has 0 saturated heterocycles. The van der Waals surface area contributed by atoms with Gasteiger partial charge in [0.05, 0.1) is 39.1 Å². The summed E-state index contributed by atoms with van der Waals surface area (Å²) in [5.41, 5.74) is 1.30. The number of nitrogens with zero attached hydrogens (tertiary/aromatic N) is 1. The van der Waals surface area contributed by atoms with E-state index < -0.39 is 17.8 Å². The molecule has 0 aliphatic heterocycles. The van der Waals surface area contributed by atoms with Crippen LogP contribution in [0.15, 0.2) is 64.0 Å². The molecule has 0 aliphatic carbocycles. The Labute approximate surface area is 201 Å². The maximum atomic E-state index is 12.1. The molecule has 0 atom stereocenters. The molecular weight excluding hydrogens is 454 g/mol. The molecule has 0 bridgehead atoms. The van der Waals surface area contributed by atoms with Gasteiger partial charge in [-0.1, -0.05) is 0 Å². The van der Waals surface area contributed by atoms with Crippen LogP contribution >= 0.6 is 0 Å². The van der Waals surface area contributed by atoms with Crippen molar-refractivity contribution >= 4 is 35.4 Å². The van der Waals surface area contributed by atoms with Crippen LogP contribution in [-0.2, 0) is 20.9 Å². The maximum absolute atomic E-state index is 12.1. The van der Waals surface area contributed by atoms with Gasteiger partial charge in [0.1, 0.15) is 28.7 Å². The fraction of sp³-hybridized carbons (Fsp3) is 0.200. The number of furan rings is 1. The first-order valence-corrected chi connectivity index (χ1v) is 10.6. The van der Waals surface area contributed by atoms with Crippen LogP contribution < -0.4 is 20.1 Å². The molecule has 1 aromatic heterocycles. The largest absolute Gasteiger partial charge is 0.497 e. The predicted octanol–water partition coefficient (Wildman–Crippen LogP) is 3.48. The molecule has 10 heteroatoms. The summed E-state index contributed by atoms with van der Waals surface area (Å²) in [6.07, 6.45) is 1.52. The van der Waals surface area contributed by atoms with Gasteiger partial charge in [-0.05, 0) is 55.5 Å². The first kappa shape index (κ1) is 25.0. The number of ether oxygens (including phenoxy) is 3. The van der Waals surface area contributed by atoms with Crippen molar-refractivity contribution in [3.05, 3.63) is 71.7 Å². The van der Waals surface area contributed by atoms with Crippen molar-refractivity contribution in [3.8, 4) is 11.5 Å². The molecule has 3 rings (SSSR count). The van der Waals surface area contributed by atoms with Crippen molar-refractivity contribution in [1.82, 2.24) is 5.32 Å². The van der Waals surface area contributed by atoms with Crippen LogP contribution in [0.5, 0.6) is 11.5 Å². The first-order valence-electron chi connectivity index (χ1n) is 10.6. The minimum atomic E-state index is -0.853. The second-order valence-electron chi connectivity index (χ2n) is 7.03. The summed E-state index contributed by atoms with van der Waals surface area (Å²) in [5.74, 6) is -0.0703. The molecule has 35 heavy (non-hydrogen) atoms. The van der Waals surface area contributed by atoms with E-state index in [4.69, 9.17) is 18.6 Å². The Bertz CT molecular complexity index is 1220. The van der Waals surface area contributed by atoms with Crippen molar-refractivity contribution < 1.29 is 33.0 Å². The van der Waals surface area contributed by atoms with Gasteiger partial charge in [0, 0.05) is 11.8 Å². The van der Waals surface area contributed by atoms with Gasteiger partial charge in [-0.2, -0.15) is 0 Å². The Morgan fingerprint density at radius 3 is 2.43 bits per heavy atom. The quantitative estimate of drug-likeness (QED) is 0.273. The summed E-state index contributed by atoms with van der Waals surface area (Å²) in [7, 11) is 3.10. The third-order valence-corrected chi connectivity index (χ3v) is 4.68. The number of carbonyl (C=O) groups excluding carboxylic acids is 3. The van der Waals surface area contributed by atoms with Crippen molar-refractivity contribution in [2.75, 3.05) is 26.1 Å². The van der Waals surface area contributed by atoms with Crippen molar-refractivity contribution in [1.29, 1.82) is 0 Å². The van der Waals surface area contributed by atoms with E-state index in [-0.39, 0.29) is 13.2 Å². The summed E-state index contributed by atoms with van der Waals surface area (Å²) < 4.78 is 21.0. The second kappa shape index (κ2) is 12.0. The zero-order chi connectivity index (χ0) is 25.2. The molecule has 2 amide bonds. The van der Waals surface area contributed by atoms with Gasteiger partial charge in [-0.15, -0.1) is 0 Å². The highest BCUT2D eigenvalue weighted by atomic mass is 16.5. The van der Waals surface area contributed by atoms with Gasteiger partial charge in [0.25, 0.3) is 0 Å². The molecule has 10 nitrogen and oxygen atoms in total. The first-order chi connectivity index (χ1) is 16.9. The molecule has 0 aliphatic rings. The predicted molar refractivity (Wildman–Crippen MR) is 128 cm³/mol. The fourth-order valence-electron chi connectivity index (χ4n) is 2.92. The summed E-state index contributed by atoms with van der Waals surface area (Å²) in [6, 6.07) is 14.6. The number of nitrogens with one attached hydrogen (secondary N) is 2. The van der Waals surface area contributed by atoms with Crippen molar-refractivity contribution in [2.45, 2.75) is 13.5 Å². The van der Waals surface area contributed by atoms with Crippen LogP contribution in [0.25, 0.3) is 0 Å². The number of methoxy groups -OCH3 is 2. The molecule has 2 N–H and O–H groups in total. The number of rotatable bonds is 9. The Morgan fingerprint density at radius 2 is 1.74 bits per heavy atom. The minimum absolute atomic E-state index is 0.00769. The molecule has 182 valence electrons. The van der Waals surface area contributed by atoms with E-state index in [0.717, 1.165) is 0 Å². The Hall–Kier alpha value is -4.60. The van der Waals surface area contributed by atoms with Crippen LogP contribution in [0.4, 0.5) is 11.4 Å². The van der Waals surface area contributed by atoms with Crippen LogP contribution in [0.2, 0.25) is 0 Å². The van der Waals surface area contributed by atoms with Gasteiger partial charge in [0.15, 0.2) is 0 Å². The number of amides is 2. The zero-order valence-electron chi connectivity index (χ0n) is 19.5. The molecule has 2 aromatic carbocycles. The standard InChI is InChI=1S/C25H25N3O7/c1-4-34-25(31)16-5-7-17(8-6-16)28-24(30)23(29)27-15-20-10-9-19(35-20)14-26-21-12-11-18(32-2)13-22(21)33-3/h5-14H,4,15H2,1-3H3,(H,27,29)(H,28,30). The highest BCUT2D eigenvalue weighted by molar-refractivity contribution is 6.39. The Morgan fingerprint density at radius 1 is 0.971 bits per heavy atom. The number of esters is 1. The lowest BCUT2D eigenvalue weighted by atomic mass is 10.2. The molecule has 0 unspecified atom stereocenters. The van der Waals surface area contributed by atoms with Crippen molar-refractivity contribution in [3.63, 3.8) is 0 Å². The lowest BCUT2D eigenvalue weighted by Gasteiger charge is -2.07. The molecular formula is C25H25N3O7. The Balaban J connectivity index is 1.52. The van der Waals surface area contributed by atoms with Crippen LogP contribution in [0.1, 0.15) is 28.8 Å². The number of anilines is 1. The summed E-state index contributed by atoms with van der Waals surface area (Å²) in [4.78, 5) is 40.3. The van der Waals surface area contributed by atoms with Crippen LogP contribution in [-0.4, -0.2) is 44.8 Å². The molecule has 0 spiro atoms. The van der Waals surface area contributed by atoms with Crippen LogP contribution in [0.3, 0.4) is 0 Å².